The molecule has 4 nitrogen and oxygen atoms in total. The lowest BCUT2D eigenvalue weighted by molar-refractivity contribution is 0.0386. The Hall–Kier alpha value is -1.88. The third-order valence-corrected chi connectivity index (χ3v) is 6.23. The second-order valence-electron chi connectivity index (χ2n) is 6.84. The standard InChI is InChI=1S/C19H22N2O2S/c22-15-9-7-14(8-10-15)18-20-16(12-24-18)19(23)21-11-3-5-13-4-1-2-6-17(13)21/h7-10,12-13,17,22H,1-6,11H2. The summed E-state index contributed by atoms with van der Waals surface area (Å²) in [6.07, 6.45) is 7.34. The number of carbonyl (C=O) groups excluding carboxylic acids is 1. The number of phenolic OH excluding ortho intramolecular Hbond substituents is 1. The van der Waals surface area contributed by atoms with Gasteiger partial charge in [-0.3, -0.25) is 4.79 Å². The minimum atomic E-state index is 0.0906. The van der Waals surface area contributed by atoms with Crippen LogP contribution in [0.3, 0.4) is 0 Å². The molecule has 1 aliphatic carbocycles. The number of hydrogen-bond acceptors (Lipinski definition) is 4. The molecule has 1 amide bonds. The molecule has 126 valence electrons. The van der Waals surface area contributed by atoms with Gasteiger partial charge in [-0.2, -0.15) is 0 Å². The minimum absolute atomic E-state index is 0.0906. The second-order valence-corrected chi connectivity index (χ2v) is 7.70. The summed E-state index contributed by atoms with van der Waals surface area (Å²) in [7, 11) is 0. The Bertz CT molecular complexity index is 723. The van der Waals surface area contributed by atoms with Crippen molar-refractivity contribution >= 4 is 17.2 Å². The van der Waals surface area contributed by atoms with Crippen molar-refractivity contribution in [2.24, 2.45) is 5.92 Å². The van der Waals surface area contributed by atoms with E-state index in [-0.39, 0.29) is 11.7 Å². The Morgan fingerprint density at radius 2 is 1.88 bits per heavy atom. The van der Waals surface area contributed by atoms with Crippen LogP contribution in [0.15, 0.2) is 29.6 Å². The van der Waals surface area contributed by atoms with E-state index < -0.39 is 0 Å². The van der Waals surface area contributed by atoms with Crippen molar-refractivity contribution in [3.63, 3.8) is 0 Å². The first-order valence-corrected chi connectivity index (χ1v) is 9.66. The number of hydrogen-bond donors (Lipinski definition) is 1. The van der Waals surface area contributed by atoms with Crippen molar-refractivity contribution in [2.45, 2.75) is 44.6 Å². The smallest absolute Gasteiger partial charge is 0.273 e. The van der Waals surface area contributed by atoms with Crippen LogP contribution in [0.5, 0.6) is 5.75 Å². The van der Waals surface area contributed by atoms with Crippen LogP contribution in [0.1, 0.15) is 49.0 Å². The van der Waals surface area contributed by atoms with Gasteiger partial charge in [0.15, 0.2) is 0 Å². The minimum Gasteiger partial charge on any atom is -0.508 e. The summed E-state index contributed by atoms with van der Waals surface area (Å²) in [6.45, 7) is 0.867. The molecule has 1 aromatic heterocycles. The fraction of sp³-hybridized carbons (Fsp3) is 0.474. The zero-order valence-corrected chi connectivity index (χ0v) is 14.5. The molecule has 2 fully saturated rings. The lowest BCUT2D eigenvalue weighted by Crippen LogP contribution is -2.49. The fourth-order valence-corrected chi connectivity index (χ4v) is 4.93. The number of benzene rings is 1. The quantitative estimate of drug-likeness (QED) is 0.885. The van der Waals surface area contributed by atoms with Gasteiger partial charge in [-0.15, -0.1) is 11.3 Å². The highest BCUT2D eigenvalue weighted by atomic mass is 32.1. The Kier molecular flexibility index (Phi) is 4.27. The third-order valence-electron chi connectivity index (χ3n) is 5.34. The van der Waals surface area contributed by atoms with Crippen molar-refractivity contribution in [1.82, 2.24) is 9.88 Å². The molecular weight excluding hydrogens is 320 g/mol. The Morgan fingerprint density at radius 3 is 2.71 bits per heavy atom. The molecule has 2 heterocycles. The molecule has 2 unspecified atom stereocenters. The number of amides is 1. The van der Waals surface area contributed by atoms with Crippen LogP contribution in [0.2, 0.25) is 0 Å². The van der Waals surface area contributed by atoms with Crippen molar-refractivity contribution in [3.05, 3.63) is 35.3 Å². The van der Waals surface area contributed by atoms with Gasteiger partial charge in [-0.1, -0.05) is 12.8 Å². The molecule has 1 aromatic carbocycles. The highest BCUT2D eigenvalue weighted by Gasteiger charge is 2.36. The van der Waals surface area contributed by atoms with Crippen LogP contribution in [-0.2, 0) is 0 Å². The normalized spacial score (nSPS) is 23.8. The van der Waals surface area contributed by atoms with Crippen molar-refractivity contribution in [1.29, 1.82) is 0 Å². The Labute approximate surface area is 146 Å². The summed E-state index contributed by atoms with van der Waals surface area (Å²) in [6, 6.07) is 7.38. The largest absolute Gasteiger partial charge is 0.508 e. The van der Waals surface area contributed by atoms with Crippen molar-refractivity contribution < 1.29 is 9.90 Å². The van der Waals surface area contributed by atoms with E-state index in [0.29, 0.717) is 17.7 Å². The van der Waals surface area contributed by atoms with Gasteiger partial charge in [-0.05, 0) is 55.9 Å². The highest BCUT2D eigenvalue weighted by molar-refractivity contribution is 7.13. The first kappa shape index (κ1) is 15.6. The molecule has 0 radical (unpaired) electrons. The SMILES string of the molecule is O=C(c1csc(-c2ccc(O)cc2)n1)N1CCCC2CCCCC21. The van der Waals surface area contributed by atoms with E-state index in [2.05, 4.69) is 9.88 Å². The third kappa shape index (κ3) is 2.93. The van der Waals surface area contributed by atoms with Gasteiger partial charge in [0.05, 0.1) is 0 Å². The summed E-state index contributed by atoms with van der Waals surface area (Å²) in [4.78, 5) is 19.6. The maximum Gasteiger partial charge on any atom is 0.273 e. The summed E-state index contributed by atoms with van der Waals surface area (Å²) in [5, 5.41) is 12.1. The number of fused-ring (bicyclic) bond motifs is 1. The number of likely N-dealkylation sites (tertiary alicyclic amines) is 1. The molecule has 4 rings (SSSR count). The molecule has 2 atom stereocenters. The lowest BCUT2D eigenvalue weighted by Gasteiger charge is -2.43. The molecular formula is C19H22N2O2S. The molecule has 5 heteroatoms. The predicted octanol–water partition coefficient (Wildman–Crippen LogP) is 4.31. The molecule has 1 N–H and O–H groups in total. The second kappa shape index (κ2) is 6.55. The molecule has 0 spiro atoms. The van der Waals surface area contributed by atoms with E-state index in [1.54, 1.807) is 12.1 Å². The summed E-state index contributed by atoms with van der Waals surface area (Å²) >= 11 is 1.49. The van der Waals surface area contributed by atoms with Crippen LogP contribution < -0.4 is 0 Å². The topological polar surface area (TPSA) is 53.4 Å². The van der Waals surface area contributed by atoms with E-state index in [9.17, 15) is 9.90 Å². The van der Waals surface area contributed by atoms with E-state index in [1.807, 2.05) is 17.5 Å². The Morgan fingerprint density at radius 1 is 1.12 bits per heavy atom. The number of aromatic hydroxyl groups is 1. The lowest BCUT2D eigenvalue weighted by atomic mass is 9.78. The molecule has 1 saturated heterocycles. The van der Waals surface area contributed by atoms with E-state index in [1.165, 1.54) is 37.0 Å². The highest BCUT2D eigenvalue weighted by Crippen LogP contribution is 2.36. The number of piperidine rings is 1. The van der Waals surface area contributed by atoms with Crippen LogP contribution in [0.25, 0.3) is 10.6 Å². The molecule has 2 aromatic rings. The van der Waals surface area contributed by atoms with Gasteiger partial charge < -0.3 is 10.0 Å². The van der Waals surface area contributed by atoms with Crippen LogP contribution in [0, 0.1) is 5.92 Å². The first-order chi connectivity index (χ1) is 11.7. The molecule has 1 saturated carbocycles. The van der Waals surface area contributed by atoms with Gasteiger partial charge in [0.25, 0.3) is 5.91 Å². The van der Waals surface area contributed by atoms with Gasteiger partial charge >= 0.3 is 0 Å². The number of rotatable bonds is 2. The summed E-state index contributed by atoms with van der Waals surface area (Å²) < 4.78 is 0. The summed E-state index contributed by atoms with van der Waals surface area (Å²) in [5.74, 6) is 1.02. The van der Waals surface area contributed by atoms with Crippen LogP contribution >= 0.6 is 11.3 Å². The predicted molar refractivity (Wildman–Crippen MR) is 95.2 cm³/mol. The monoisotopic (exact) mass is 342 g/mol. The zero-order chi connectivity index (χ0) is 16.5. The van der Waals surface area contributed by atoms with E-state index >= 15 is 0 Å². The maximum absolute atomic E-state index is 13.0. The molecule has 2 aliphatic rings. The molecule has 1 aliphatic heterocycles. The van der Waals surface area contributed by atoms with E-state index in [0.717, 1.165) is 30.0 Å². The van der Waals surface area contributed by atoms with Crippen LogP contribution in [-0.4, -0.2) is 33.5 Å². The zero-order valence-electron chi connectivity index (χ0n) is 13.6. The number of phenols is 1. The van der Waals surface area contributed by atoms with Gasteiger partial charge in [0.2, 0.25) is 0 Å². The summed E-state index contributed by atoms with van der Waals surface area (Å²) in [5.41, 5.74) is 1.50. The Balaban J connectivity index is 1.55. The van der Waals surface area contributed by atoms with E-state index in [4.69, 9.17) is 0 Å². The van der Waals surface area contributed by atoms with Gasteiger partial charge in [-0.25, -0.2) is 4.98 Å². The number of thiazole rings is 1. The number of aromatic nitrogens is 1. The average molecular weight is 342 g/mol. The van der Waals surface area contributed by atoms with Crippen LogP contribution in [0.4, 0.5) is 0 Å². The van der Waals surface area contributed by atoms with Gasteiger partial charge in [0, 0.05) is 23.5 Å². The van der Waals surface area contributed by atoms with Crippen molar-refractivity contribution in [2.75, 3.05) is 6.54 Å². The number of carbonyl (C=O) groups is 1. The fourth-order valence-electron chi connectivity index (χ4n) is 4.13. The number of nitrogens with zero attached hydrogens (tertiary/aromatic N) is 2. The first-order valence-electron chi connectivity index (χ1n) is 8.78. The molecule has 0 bridgehead atoms. The van der Waals surface area contributed by atoms with Gasteiger partial charge in [0.1, 0.15) is 16.5 Å². The average Bonchev–Trinajstić information content (AvgIpc) is 3.11. The van der Waals surface area contributed by atoms with Crippen molar-refractivity contribution in [3.8, 4) is 16.3 Å². The maximum atomic E-state index is 13.0. The molecule has 24 heavy (non-hydrogen) atoms.